The molecule has 6 N–H and O–H groups in total. The molecule has 0 radical (unpaired) electrons. The molecule has 6 nitrogen and oxygen atoms in total. The van der Waals surface area contributed by atoms with Gasteiger partial charge in [0.15, 0.2) is 0 Å². The van der Waals surface area contributed by atoms with Crippen molar-refractivity contribution >= 4 is 23.2 Å². The van der Waals surface area contributed by atoms with Gasteiger partial charge >= 0.3 is 0 Å². The van der Waals surface area contributed by atoms with Gasteiger partial charge in [0.2, 0.25) is 5.91 Å². The van der Waals surface area contributed by atoms with Crippen LogP contribution < -0.4 is 17.2 Å². The predicted molar refractivity (Wildman–Crippen MR) is 66.0 cm³/mol. The molecule has 0 aliphatic rings. The van der Waals surface area contributed by atoms with E-state index in [9.17, 15) is 9.59 Å². The third-order valence-electron chi connectivity index (χ3n) is 2.32. The van der Waals surface area contributed by atoms with Crippen molar-refractivity contribution in [3.63, 3.8) is 0 Å². The first-order chi connectivity index (χ1) is 7.95. The van der Waals surface area contributed by atoms with Gasteiger partial charge in [-0.05, 0) is 25.1 Å². The van der Waals surface area contributed by atoms with E-state index in [2.05, 4.69) is 0 Å². The molecule has 0 saturated carbocycles. The Labute approximate surface area is 99.4 Å². The molecule has 0 unspecified atom stereocenters. The topological polar surface area (TPSA) is 115 Å². The van der Waals surface area contributed by atoms with Crippen LogP contribution in [0, 0.1) is 0 Å². The second kappa shape index (κ2) is 5.20. The van der Waals surface area contributed by atoms with Gasteiger partial charge in [0.1, 0.15) is 0 Å². The molecule has 1 aromatic rings. The lowest BCUT2D eigenvalue weighted by Crippen LogP contribution is -2.38. The molecule has 0 heterocycles. The molecule has 1 aromatic carbocycles. The lowest BCUT2D eigenvalue weighted by molar-refractivity contribution is -0.118. The van der Waals surface area contributed by atoms with E-state index in [4.69, 9.17) is 17.2 Å². The Morgan fingerprint density at radius 1 is 1.29 bits per heavy atom. The van der Waals surface area contributed by atoms with Crippen LogP contribution in [0.4, 0.5) is 11.4 Å². The number of likely N-dealkylation sites (N-methyl/N-ethyl adjacent to an activating group) is 1. The molecule has 1 rings (SSSR count). The molecule has 6 heteroatoms. The number of hydrogen-bond donors (Lipinski definition) is 3. The van der Waals surface area contributed by atoms with Gasteiger partial charge < -0.3 is 22.1 Å². The average molecular weight is 236 g/mol. The zero-order valence-corrected chi connectivity index (χ0v) is 9.64. The maximum Gasteiger partial charge on any atom is 0.256 e. The van der Waals surface area contributed by atoms with Crippen LogP contribution in [0.15, 0.2) is 18.2 Å². The highest BCUT2D eigenvalue weighted by Crippen LogP contribution is 2.17. The van der Waals surface area contributed by atoms with Gasteiger partial charge in [0.25, 0.3) is 5.91 Å². The number of hydrogen-bond acceptors (Lipinski definition) is 4. The minimum absolute atomic E-state index is 0.126. The summed E-state index contributed by atoms with van der Waals surface area (Å²) < 4.78 is 0. The van der Waals surface area contributed by atoms with Crippen molar-refractivity contribution in [2.75, 3.05) is 24.6 Å². The van der Waals surface area contributed by atoms with Gasteiger partial charge in [-0.1, -0.05) is 0 Å². The summed E-state index contributed by atoms with van der Waals surface area (Å²) >= 11 is 0. The van der Waals surface area contributed by atoms with Crippen LogP contribution in [0.2, 0.25) is 0 Å². The Hall–Kier alpha value is -2.24. The summed E-state index contributed by atoms with van der Waals surface area (Å²) in [5.41, 5.74) is 17.4. The van der Waals surface area contributed by atoms with Gasteiger partial charge in [-0.15, -0.1) is 0 Å². The SMILES string of the molecule is CCN(CC(N)=O)C(=O)c1ccc(N)cc1N. The number of anilines is 2. The standard InChI is InChI=1S/C11H16N4O2/c1-2-15(6-10(14)16)11(17)8-4-3-7(12)5-9(8)13/h3-5H,2,6,12-13H2,1H3,(H2,14,16). The molecular weight excluding hydrogens is 220 g/mol. The Bertz CT molecular complexity index is 445. The quantitative estimate of drug-likeness (QED) is 0.627. The molecular formula is C11H16N4O2. The summed E-state index contributed by atoms with van der Waals surface area (Å²) in [7, 11) is 0. The normalized spacial score (nSPS) is 9.94. The summed E-state index contributed by atoms with van der Waals surface area (Å²) in [6.07, 6.45) is 0. The highest BCUT2D eigenvalue weighted by molar-refractivity contribution is 6.01. The molecule has 0 saturated heterocycles. The van der Waals surface area contributed by atoms with Crippen LogP contribution in [-0.4, -0.2) is 29.8 Å². The van der Waals surface area contributed by atoms with Crippen LogP contribution in [-0.2, 0) is 4.79 Å². The number of primary amides is 1. The third-order valence-corrected chi connectivity index (χ3v) is 2.32. The highest BCUT2D eigenvalue weighted by atomic mass is 16.2. The first-order valence-corrected chi connectivity index (χ1v) is 5.18. The van der Waals surface area contributed by atoms with Gasteiger partial charge in [-0.25, -0.2) is 0 Å². The number of nitrogens with zero attached hydrogens (tertiary/aromatic N) is 1. The molecule has 17 heavy (non-hydrogen) atoms. The molecule has 2 amide bonds. The lowest BCUT2D eigenvalue weighted by Gasteiger charge is -2.20. The number of benzene rings is 1. The number of carbonyl (C=O) groups excluding carboxylic acids is 2. The predicted octanol–water partition coefficient (Wildman–Crippen LogP) is -0.202. The van der Waals surface area contributed by atoms with Crippen LogP contribution in [0.5, 0.6) is 0 Å². The Morgan fingerprint density at radius 3 is 2.41 bits per heavy atom. The first-order valence-electron chi connectivity index (χ1n) is 5.18. The minimum atomic E-state index is -0.561. The van der Waals surface area contributed by atoms with Crippen molar-refractivity contribution in [3.05, 3.63) is 23.8 Å². The average Bonchev–Trinajstić information content (AvgIpc) is 2.24. The summed E-state index contributed by atoms with van der Waals surface area (Å²) in [6.45, 7) is 2.01. The highest BCUT2D eigenvalue weighted by Gasteiger charge is 2.18. The fourth-order valence-electron chi connectivity index (χ4n) is 1.46. The molecule has 0 bridgehead atoms. The summed E-state index contributed by atoms with van der Waals surface area (Å²) in [6, 6.07) is 4.63. The maximum atomic E-state index is 12.0. The largest absolute Gasteiger partial charge is 0.399 e. The van der Waals surface area contributed by atoms with E-state index < -0.39 is 5.91 Å². The van der Waals surface area contributed by atoms with E-state index in [0.717, 1.165) is 0 Å². The van der Waals surface area contributed by atoms with Crippen LogP contribution in [0.3, 0.4) is 0 Å². The van der Waals surface area contributed by atoms with E-state index in [1.807, 2.05) is 0 Å². The lowest BCUT2D eigenvalue weighted by atomic mass is 10.1. The zero-order valence-electron chi connectivity index (χ0n) is 9.64. The third kappa shape index (κ3) is 3.10. The van der Waals surface area contributed by atoms with Crippen molar-refractivity contribution in [1.29, 1.82) is 0 Å². The number of nitrogen functional groups attached to an aromatic ring is 2. The van der Waals surface area contributed by atoms with Crippen molar-refractivity contribution in [1.82, 2.24) is 4.90 Å². The van der Waals surface area contributed by atoms with Gasteiger partial charge in [0.05, 0.1) is 12.1 Å². The van der Waals surface area contributed by atoms with Crippen LogP contribution in [0.25, 0.3) is 0 Å². The number of amides is 2. The minimum Gasteiger partial charge on any atom is -0.399 e. The Kier molecular flexibility index (Phi) is 3.92. The zero-order chi connectivity index (χ0) is 13.0. The van der Waals surface area contributed by atoms with E-state index in [0.29, 0.717) is 17.8 Å². The Balaban J connectivity index is 2.97. The van der Waals surface area contributed by atoms with Crippen LogP contribution in [0.1, 0.15) is 17.3 Å². The fourth-order valence-corrected chi connectivity index (χ4v) is 1.46. The van der Waals surface area contributed by atoms with Crippen molar-refractivity contribution in [3.8, 4) is 0 Å². The molecule has 92 valence electrons. The molecule has 0 aromatic heterocycles. The molecule has 0 aliphatic heterocycles. The van der Waals surface area contributed by atoms with Gasteiger partial charge in [0, 0.05) is 17.9 Å². The molecule has 0 atom stereocenters. The Morgan fingerprint density at radius 2 is 1.94 bits per heavy atom. The fraction of sp³-hybridized carbons (Fsp3) is 0.273. The van der Waals surface area contributed by atoms with Crippen LogP contribution >= 0.6 is 0 Å². The van der Waals surface area contributed by atoms with Crippen molar-refractivity contribution in [2.45, 2.75) is 6.92 Å². The van der Waals surface area contributed by atoms with E-state index in [1.54, 1.807) is 13.0 Å². The molecule has 0 spiro atoms. The van der Waals surface area contributed by atoms with Gasteiger partial charge in [-0.3, -0.25) is 9.59 Å². The number of carbonyl (C=O) groups is 2. The first kappa shape index (κ1) is 12.8. The van der Waals surface area contributed by atoms with E-state index in [1.165, 1.54) is 17.0 Å². The monoisotopic (exact) mass is 236 g/mol. The van der Waals surface area contributed by atoms with Crippen molar-refractivity contribution < 1.29 is 9.59 Å². The second-order valence-electron chi connectivity index (χ2n) is 3.63. The summed E-state index contributed by atoms with van der Waals surface area (Å²) in [5.74, 6) is -0.891. The van der Waals surface area contributed by atoms with E-state index >= 15 is 0 Å². The number of rotatable bonds is 4. The van der Waals surface area contributed by atoms with Gasteiger partial charge in [-0.2, -0.15) is 0 Å². The number of nitrogens with two attached hydrogens (primary N) is 3. The molecule has 0 fully saturated rings. The maximum absolute atomic E-state index is 12.0. The van der Waals surface area contributed by atoms with Crippen molar-refractivity contribution in [2.24, 2.45) is 5.73 Å². The summed E-state index contributed by atoms with van der Waals surface area (Å²) in [5, 5.41) is 0. The summed E-state index contributed by atoms with van der Waals surface area (Å²) in [4.78, 5) is 24.2. The molecule has 0 aliphatic carbocycles. The second-order valence-corrected chi connectivity index (χ2v) is 3.63. The smallest absolute Gasteiger partial charge is 0.256 e. The van der Waals surface area contributed by atoms with E-state index in [-0.39, 0.29) is 18.1 Å².